The van der Waals surface area contributed by atoms with Crippen molar-refractivity contribution in [3.05, 3.63) is 57.8 Å². The summed E-state index contributed by atoms with van der Waals surface area (Å²) in [5, 5.41) is 3.38. The maximum absolute atomic E-state index is 13.5. The predicted molar refractivity (Wildman–Crippen MR) is 135 cm³/mol. The largest absolute Gasteiger partial charge is 0.484 e. The number of hydrogen-bond donors (Lipinski definition) is 2. The fourth-order valence-electron chi connectivity index (χ4n) is 5.86. The average Bonchev–Trinajstić information content (AvgIpc) is 2.76. The van der Waals surface area contributed by atoms with E-state index in [1.54, 1.807) is 18.2 Å². The van der Waals surface area contributed by atoms with Crippen LogP contribution in [0.1, 0.15) is 43.7 Å². The van der Waals surface area contributed by atoms with E-state index in [9.17, 15) is 22.4 Å². The molecular formula is C25H25Cl2FN2O6S. The van der Waals surface area contributed by atoms with Gasteiger partial charge in [-0.05, 0) is 55.0 Å². The van der Waals surface area contributed by atoms with Crippen molar-refractivity contribution in [3.63, 3.8) is 0 Å². The van der Waals surface area contributed by atoms with Crippen LogP contribution in [0.2, 0.25) is 10.0 Å². The van der Waals surface area contributed by atoms with Crippen molar-refractivity contribution in [1.82, 2.24) is 10.0 Å². The molecule has 2 bridgehead atoms. The Morgan fingerprint density at radius 3 is 2.57 bits per heavy atom. The lowest BCUT2D eigenvalue weighted by Gasteiger charge is -2.70. The van der Waals surface area contributed by atoms with Gasteiger partial charge < -0.3 is 14.8 Å². The zero-order valence-corrected chi connectivity index (χ0v) is 22.2. The number of Topliss-reactive ketones (excluding diaryl/α,β-unsaturated/α-hetero) is 1. The minimum Gasteiger partial charge on any atom is -0.484 e. The smallest absolute Gasteiger partial charge is 0.258 e. The fraction of sp³-hybridized carbons (Fsp3) is 0.440. The highest BCUT2D eigenvalue weighted by Gasteiger charge is 2.68. The van der Waals surface area contributed by atoms with E-state index in [4.69, 9.17) is 32.7 Å². The number of benzene rings is 2. The highest BCUT2D eigenvalue weighted by atomic mass is 35.5. The summed E-state index contributed by atoms with van der Waals surface area (Å²) in [5.41, 5.74) is 0.0366. The van der Waals surface area contributed by atoms with Crippen molar-refractivity contribution in [3.8, 4) is 11.5 Å². The van der Waals surface area contributed by atoms with Gasteiger partial charge in [-0.1, -0.05) is 23.2 Å². The van der Waals surface area contributed by atoms with Crippen molar-refractivity contribution in [2.75, 3.05) is 12.9 Å². The SMILES string of the molecule is CS(=O)(=O)N[C@H]1C[C@H](C(=O)CC23CC(NC(=O)COc4ccc(Cl)c(F)c4)(C2)C3)Oc2ccc(Cl)cc21. The molecule has 3 fully saturated rings. The Hall–Kier alpha value is -2.40. The van der Waals surface area contributed by atoms with Gasteiger partial charge in [0.25, 0.3) is 5.91 Å². The lowest BCUT2D eigenvalue weighted by Crippen LogP contribution is -2.75. The Morgan fingerprint density at radius 2 is 1.89 bits per heavy atom. The van der Waals surface area contributed by atoms with Crippen LogP contribution in [-0.4, -0.2) is 44.6 Å². The summed E-state index contributed by atoms with van der Waals surface area (Å²) in [6.07, 6.45) is 2.72. The maximum Gasteiger partial charge on any atom is 0.258 e. The van der Waals surface area contributed by atoms with Crippen molar-refractivity contribution >= 4 is 44.9 Å². The molecule has 1 aliphatic heterocycles. The minimum absolute atomic E-state index is 0.0278. The standard InChI is InChI=1S/C25H25Cl2FN2O6S/c1-37(33,34)30-19-8-22(36-21-5-2-14(26)6-16(19)21)20(31)9-24-11-25(12-24,13-24)29-23(32)10-35-15-3-4-17(27)18(28)7-15/h2-7,19,22,30H,8-13H2,1H3,(H,29,32)/t19-,22+,24?,25?/m0/s1. The summed E-state index contributed by atoms with van der Waals surface area (Å²) in [6, 6.07) is 8.24. The van der Waals surface area contributed by atoms with Crippen LogP contribution in [0.5, 0.6) is 11.5 Å². The lowest BCUT2D eigenvalue weighted by atomic mass is 9.38. The maximum atomic E-state index is 13.5. The van der Waals surface area contributed by atoms with E-state index in [1.807, 2.05) is 0 Å². The van der Waals surface area contributed by atoms with Crippen LogP contribution in [0.3, 0.4) is 0 Å². The molecule has 2 aromatic rings. The molecule has 198 valence electrons. The molecule has 8 nitrogen and oxygen atoms in total. The summed E-state index contributed by atoms with van der Waals surface area (Å²) in [5.74, 6) is -0.420. The number of hydrogen-bond acceptors (Lipinski definition) is 6. The van der Waals surface area contributed by atoms with Gasteiger partial charge in [-0.25, -0.2) is 17.5 Å². The molecular weight excluding hydrogens is 546 g/mol. The molecule has 2 N–H and O–H groups in total. The molecule has 3 saturated carbocycles. The number of ether oxygens (including phenoxy) is 2. The predicted octanol–water partition coefficient (Wildman–Crippen LogP) is 3.95. The number of nitrogens with one attached hydrogen (secondary N) is 2. The van der Waals surface area contributed by atoms with Crippen molar-refractivity contribution in [2.45, 2.75) is 49.8 Å². The molecule has 0 spiro atoms. The molecule has 0 unspecified atom stereocenters. The first-order chi connectivity index (χ1) is 17.3. The van der Waals surface area contributed by atoms with Gasteiger partial charge in [0.2, 0.25) is 10.0 Å². The molecule has 1 heterocycles. The Labute approximate surface area is 223 Å². The lowest BCUT2D eigenvalue weighted by molar-refractivity contribution is -0.175. The Kier molecular flexibility index (Phi) is 6.67. The van der Waals surface area contributed by atoms with E-state index in [1.165, 1.54) is 12.1 Å². The Bertz CT molecular complexity index is 1370. The highest BCUT2D eigenvalue weighted by Crippen LogP contribution is 2.69. The van der Waals surface area contributed by atoms with Gasteiger partial charge in [-0.2, -0.15) is 0 Å². The zero-order valence-electron chi connectivity index (χ0n) is 19.9. The molecule has 2 aromatic carbocycles. The normalized spacial score (nSPS) is 27.7. The molecule has 0 radical (unpaired) electrons. The van der Waals surface area contributed by atoms with Crippen LogP contribution in [0, 0.1) is 11.2 Å². The van der Waals surface area contributed by atoms with Crippen molar-refractivity contribution in [2.24, 2.45) is 5.41 Å². The Balaban J connectivity index is 1.14. The second-order valence-corrected chi connectivity index (χ2v) is 13.0. The first kappa shape index (κ1) is 26.2. The second-order valence-electron chi connectivity index (χ2n) is 10.3. The summed E-state index contributed by atoms with van der Waals surface area (Å²) in [4.78, 5) is 25.5. The summed E-state index contributed by atoms with van der Waals surface area (Å²) >= 11 is 11.7. The molecule has 12 heteroatoms. The van der Waals surface area contributed by atoms with Crippen molar-refractivity contribution < 1.29 is 31.9 Å². The number of carbonyl (C=O) groups excluding carboxylic acids is 2. The van der Waals surface area contributed by atoms with Crippen LogP contribution in [0.4, 0.5) is 4.39 Å². The molecule has 2 atom stereocenters. The molecule has 0 saturated heterocycles. The van der Waals surface area contributed by atoms with E-state index < -0.39 is 28.0 Å². The van der Waals surface area contributed by atoms with Crippen LogP contribution in [0.25, 0.3) is 0 Å². The van der Waals surface area contributed by atoms with Gasteiger partial charge in [0, 0.05) is 35.0 Å². The molecule has 37 heavy (non-hydrogen) atoms. The number of ketones is 1. The highest BCUT2D eigenvalue weighted by molar-refractivity contribution is 7.88. The van der Waals surface area contributed by atoms with Gasteiger partial charge in [0.05, 0.1) is 17.3 Å². The molecule has 4 aliphatic rings. The number of rotatable bonds is 9. The molecule has 3 aliphatic carbocycles. The van der Waals surface area contributed by atoms with Crippen LogP contribution in [0.15, 0.2) is 36.4 Å². The summed E-state index contributed by atoms with van der Waals surface area (Å²) in [6.45, 7) is -0.261. The fourth-order valence-corrected chi connectivity index (χ4v) is 6.90. The number of sulfonamides is 1. The number of fused-ring (bicyclic) bond motifs is 1. The second kappa shape index (κ2) is 9.41. The van der Waals surface area contributed by atoms with E-state index >= 15 is 0 Å². The van der Waals surface area contributed by atoms with Gasteiger partial charge in [-0.3, -0.25) is 9.59 Å². The Morgan fingerprint density at radius 1 is 1.16 bits per heavy atom. The first-order valence-corrected chi connectivity index (χ1v) is 14.3. The molecule has 6 rings (SSSR count). The van der Waals surface area contributed by atoms with Gasteiger partial charge in [0.1, 0.15) is 17.3 Å². The van der Waals surface area contributed by atoms with E-state index in [0.29, 0.717) is 35.6 Å². The van der Waals surface area contributed by atoms with Crippen molar-refractivity contribution in [1.29, 1.82) is 0 Å². The monoisotopic (exact) mass is 570 g/mol. The topological polar surface area (TPSA) is 111 Å². The van der Waals surface area contributed by atoms with Crippen LogP contribution < -0.4 is 19.5 Å². The number of halogens is 3. The van der Waals surface area contributed by atoms with Crippen LogP contribution in [-0.2, 0) is 19.6 Å². The van der Waals surface area contributed by atoms with E-state index in [0.717, 1.165) is 12.3 Å². The van der Waals surface area contributed by atoms with Gasteiger partial charge in [-0.15, -0.1) is 0 Å². The number of amides is 1. The van der Waals surface area contributed by atoms with E-state index in [2.05, 4.69) is 10.0 Å². The third-order valence-corrected chi connectivity index (χ3v) is 8.39. The number of carbonyl (C=O) groups is 2. The summed E-state index contributed by atoms with van der Waals surface area (Å²) in [7, 11) is -3.53. The molecule has 0 aromatic heterocycles. The van der Waals surface area contributed by atoms with Crippen LogP contribution >= 0.6 is 23.2 Å². The van der Waals surface area contributed by atoms with E-state index in [-0.39, 0.29) is 52.9 Å². The zero-order chi connectivity index (χ0) is 26.6. The molecule has 1 amide bonds. The quantitative estimate of drug-likeness (QED) is 0.472. The minimum atomic E-state index is -3.53. The average molecular weight is 571 g/mol. The van der Waals surface area contributed by atoms with Gasteiger partial charge in [0.15, 0.2) is 18.5 Å². The van der Waals surface area contributed by atoms with Gasteiger partial charge >= 0.3 is 0 Å². The first-order valence-electron chi connectivity index (χ1n) is 11.7. The third kappa shape index (κ3) is 5.57. The third-order valence-electron chi connectivity index (χ3n) is 7.14. The summed E-state index contributed by atoms with van der Waals surface area (Å²) < 4.78 is 51.2.